The third-order valence-corrected chi connectivity index (χ3v) is 2.68. The lowest BCUT2D eigenvalue weighted by molar-refractivity contribution is 0.101. The predicted octanol–water partition coefficient (Wildman–Crippen LogP) is 3.56. The van der Waals surface area contributed by atoms with Crippen molar-refractivity contribution in [2.45, 2.75) is 6.92 Å². The van der Waals surface area contributed by atoms with Crippen LogP contribution < -0.4 is 11.5 Å². The smallest absolute Gasteiger partial charge is 0.159 e. The van der Waals surface area contributed by atoms with Crippen LogP contribution in [0.1, 0.15) is 17.3 Å². The molecule has 2 aromatic rings. The summed E-state index contributed by atoms with van der Waals surface area (Å²) in [6, 6.07) is 12.7. The summed E-state index contributed by atoms with van der Waals surface area (Å²) in [5, 5.41) is 0. The van der Waals surface area contributed by atoms with Gasteiger partial charge in [0, 0.05) is 22.5 Å². The van der Waals surface area contributed by atoms with Gasteiger partial charge in [0.05, 0.1) is 0 Å². The van der Waals surface area contributed by atoms with Gasteiger partial charge in [0.25, 0.3) is 0 Å². The van der Waals surface area contributed by atoms with E-state index in [9.17, 15) is 4.79 Å². The zero-order valence-corrected chi connectivity index (χ0v) is 12.1. The summed E-state index contributed by atoms with van der Waals surface area (Å²) in [7, 11) is 0. The zero-order valence-electron chi connectivity index (χ0n) is 10.4. The number of nitrogens with two attached hydrogens (primary N) is 2. The van der Waals surface area contributed by atoms with E-state index in [0.29, 0.717) is 16.9 Å². The van der Waals surface area contributed by atoms with Crippen LogP contribution in [0.3, 0.4) is 0 Å². The average molecular weight is 299 g/mol. The molecule has 102 valence electrons. The molecule has 5 heteroatoms. The quantitative estimate of drug-likeness (QED) is 0.658. The molecule has 0 atom stereocenters. The molecule has 0 unspecified atom stereocenters. The van der Waals surface area contributed by atoms with Gasteiger partial charge < -0.3 is 11.5 Å². The van der Waals surface area contributed by atoms with Gasteiger partial charge in [-0.1, -0.05) is 24.3 Å². The highest BCUT2D eigenvalue weighted by Crippen LogP contribution is 2.28. The first-order valence-corrected chi connectivity index (χ1v) is 5.34. The van der Waals surface area contributed by atoms with Crippen molar-refractivity contribution in [3.05, 3.63) is 48.0 Å². The van der Waals surface area contributed by atoms with Crippen LogP contribution in [0, 0.1) is 0 Å². The van der Waals surface area contributed by atoms with Crippen LogP contribution in [0.15, 0.2) is 42.5 Å². The van der Waals surface area contributed by atoms with E-state index < -0.39 is 0 Å². The van der Waals surface area contributed by atoms with E-state index in [1.807, 2.05) is 18.2 Å². The highest BCUT2D eigenvalue weighted by molar-refractivity contribution is 5.94. The number of benzene rings is 2. The van der Waals surface area contributed by atoms with Gasteiger partial charge in [0.2, 0.25) is 0 Å². The molecule has 0 aromatic heterocycles. The fraction of sp³-hybridized carbons (Fsp3) is 0.0714. The second-order valence-corrected chi connectivity index (χ2v) is 3.98. The summed E-state index contributed by atoms with van der Waals surface area (Å²) in [6.45, 7) is 1.55. The van der Waals surface area contributed by atoms with Crippen LogP contribution in [0.25, 0.3) is 11.1 Å². The van der Waals surface area contributed by atoms with Gasteiger partial charge in [-0.2, -0.15) is 0 Å². The van der Waals surface area contributed by atoms with Gasteiger partial charge >= 0.3 is 0 Å². The van der Waals surface area contributed by atoms with E-state index in [2.05, 4.69) is 0 Å². The number of nitrogen functional groups attached to an aromatic ring is 2. The summed E-state index contributed by atoms with van der Waals surface area (Å²) in [5.74, 6) is 0.0529. The molecule has 0 bridgehead atoms. The van der Waals surface area contributed by atoms with E-state index in [0.717, 1.165) is 11.1 Å². The Morgan fingerprint density at radius 3 is 2.05 bits per heavy atom. The maximum absolute atomic E-state index is 11.2. The number of Topliss-reactive ketones (excluding diaryl/α,β-unsaturated/α-hetero) is 1. The van der Waals surface area contributed by atoms with Gasteiger partial charge in [-0.05, 0) is 30.7 Å². The Balaban J connectivity index is 0.00000162. The fourth-order valence-electron chi connectivity index (χ4n) is 1.71. The number of carbonyl (C=O) groups is 1. The summed E-state index contributed by atoms with van der Waals surface area (Å²) in [4.78, 5) is 11.2. The lowest BCUT2D eigenvalue weighted by Gasteiger charge is -2.07. The molecule has 4 N–H and O–H groups in total. The molecule has 0 radical (unpaired) electrons. The molecule has 0 saturated heterocycles. The van der Waals surface area contributed by atoms with Gasteiger partial charge in [-0.3, -0.25) is 4.79 Å². The lowest BCUT2D eigenvalue weighted by atomic mass is 10.0. The lowest BCUT2D eigenvalue weighted by Crippen LogP contribution is -1.94. The van der Waals surface area contributed by atoms with Crippen LogP contribution in [0.4, 0.5) is 11.4 Å². The molecule has 2 aromatic carbocycles. The average Bonchev–Trinajstić information content (AvgIpc) is 2.32. The Morgan fingerprint density at radius 2 is 1.53 bits per heavy atom. The molecular weight excluding hydrogens is 283 g/mol. The monoisotopic (exact) mass is 298 g/mol. The van der Waals surface area contributed by atoms with Crippen molar-refractivity contribution in [2.75, 3.05) is 11.5 Å². The first-order chi connectivity index (χ1) is 8.08. The number of ketones is 1. The minimum Gasteiger partial charge on any atom is -0.399 e. The maximum atomic E-state index is 11.2. The van der Waals surface area contributed by atoms with Crippen LogP contribution in [0.5, 0.6) is 0 Å². The van der Waals surface area contributed by atoms with Crippen molar-refractivity contribution < 1.29 is 4.79 Å². The van der Waals surface area contributed by atoms with Crippen LogP contribution >= 0.6 is 24.8 Å². The van der Waals surface area contributed by atoms with Crippen molar-refractivity contribution in [3.63, 3.8) is 0 Å². The van der Waals surface area contributed by atoms with Crippen molar-refractivity contribution in [2.24, 2.45) is 0 Å². The summed E-state index contributed by atoms with van der Waals surface area (Å²) < 4.78 is 0. The Morgan fingerprint density at radius 1 is 0.947 bits per heavy atom. The zero-order chi connectivity index (χ0) is 12.4. The Labute approximate surface area is 124 Å². The number of carbonyl (C=O) groups excluding carboxylic acids is 1. The van der Waals surface area contributed by atoms with Crippen molar-refractivity contribution in [1.82, 2.24) is 0 Å². The summed E-state index contributed by atoms with van der Waals surface area (Å²) in [6.07, 6.45) is 0. The first kappa shape index (κ1) is 17.3. The van der Waals surface area contributed by atoms with Gasteiger partial charge in [0.15, 0.2) is 5.78 Å². The number of halogens is 2. The topological polar surface area (TPSA) is 69.1 Å². The van der Waals surface area contributed by atoms with Gasteiger partial charge in [-0.15, -0.1) is 24.8 Å². The number of hydrogen-bond acceptors (Lipinski definition) is 3. The number of hydrogen-bond donors (Lipinski definition) is 2. The second-order valence-electron chi connectivity index (χ2n) is 3.98. The first-order valence-electron chi connectivity index (χ1n) is 5.34. The predicted molar refractivity (Wildman–Crippen MR) is 85.2 cm³/mol. The van der Waals surface area contributed by atoms with Crippen LogP contribution in [-0.4, -0.2) is 5.78 Å². The van der Waals surface area contributed by atoms with Crippen molar-refractivity contribution in [3.8, 4) is 11.1 Å². The minimum atomic E-state index is 0. The highest BCUT2D eigenvalue weighted by atomic mass is 35.5. The van der Waals surface area contributed by atoms with E-state index in [-0.39, 0.29) is 30.6 Å². The van der Waals surface area contributed by atoms with E-state index in [1.54, 1.807) is 31.2 Å². The van der Waals surface area contributed by atoms with Crippen molar-refractivity contribution in [1.29, 1.82) is 0 Å². The third kappa shape index (κ3) is 3.88. The molecule has 0 aliphatic heterocycles. The molecule has 0 saturated carbocycles. The SMILES string of the molecule is CC(=O)c1ccc(-c2cc(N)ccc2N)cc1.Cl.Cl. The molecule has 2 rings (SSSR count). The summed E-state index contributed by atoms with van der Waals surface area (Å²) in [5.41, 5.74) is 15.5. The molecule has 0 amide bonds. The van der Waals surface area contributed by atoms with E-state index in [4.69, 9.17) is 11.5 Å². The molecule has 0 aliphatic carbocycles. The Bertz CT molecular complexity index is 568. The number of anilines is 2. The van der Waals surface area contributed by atoms with Crippen LogP contribution in [0.2, 0.25) is 0 Å². The van der Waals surface area contributed by atoms with Crippen LogP contribution in [-0.2, 0) is 0 Å². The molecular formula is C14H16Cl2N2O. The molecule has 0 spiro atoms. The Kier molecular flexibility index (Phi) is 6.39. The molecule has 0 aliphatic rings. The summed E-state index contributed by atoms with van der Waals surface area (Å²) >= 11 is 0. The van der Waals surface area contributed by atoms with Gasteiger partial charge in [0.1, 0.15) is 0 Å². The standard InChI is InChI=1S/C14H14N2O.2ClH/c1-9(17)10-2-4-11(5-3-10)13-8-12(15)6-7-14(13)16;;/h2-8H,15-16H2,1H3;2*1H. The largest absolute Gasteiger partial charge is 0.399 e. The molecule has 19 heavy (non-hydrogen) atoms. The normalized spacial score (nSPS) is 9.11. The maximum Gasteiger partial charge on any atom is 0.159 e. The second kappa shape index (κ2) is 7.02. The Hall–Kier alpha value is -1.71. The van der Waals surface area contributed by atoms with E-state index >= 15 is 0 Å². The molecule has 0 fully saturated rings. The number of rotatable bonds is 2. The molecule has 0 heterocycles. The minimum absolute atomic E-state index is 0. The van der Waals surface area contributed by atoms with E-state index in [1.165, 1.54) is 0 Å². The molecule has 3 nitrogen and oxygen atoms in total. The van der Waals surface area contributed by atoms with Gasteiger partial charge in [-0.25, -0.2) is 0 Å². The highest BCUT2D eigenvalue weighted by Gasteiger charge is 2.04. The van der Waals surface area contributed by atoms with Crippen molar-refractivity contribution >= 4 is 42.0 Å². The third-order valence-electron chi connectivity index (χ3n) is 2.68. The fourth-order valence-corrected chi connectivity index (χ4v) is 1.71.